The lowest BCUT2D eigenvalue weighted by molar-refractivity contribution is -0.134. The van der Waals surface area contributed by atoms with Gasteiger partial charge in [-0.1, -0.05) is 30.7 Å². The van der Waals surface area contributed by atoms with Crippen molar-refractivity contribution in [2.45, 2.75) is 32.4 Å². The Kier molecular flexibility index (Phi) is 4.60. The normalized spacial score (nSPS) is 19.8. The summed E-state index contributed by atoms with van der Waals surface area (Å²) in [6, 6.07) is 4.16. The number of carbonyl (C=O) groups excluding carboxylic acids is 2. The van der Waals surface area contributed by atoms with Crippen molar-refractivity contribution in [2.75, 3.05) is 6.54 Å². The van der Waals surface area contributed by atoms with Gasteiger partial charge >= 0.3 is 0 Å². The summed E-state index contributed by atoms with van der Waals surface area (Å²) in [7, 11) is 0. The molecule has 4 nitrogen and oxygen atoms in total. The third-order valence-corrected chi connectivity index (χ3v) is 3.65. The van der Waals surface area contributed by atoms with Gasteiger partial charge in [0.2, 0.25) is 11.8 Å². The van der Waals surface area contributed by atoms with Gasteiger partial charge in [0.15, 0.2) is 0 Å². The highest BCUT2D eigenvalue weighted by atomic mass is 35.5. The number of hydrogen-bond acceptors (Lipinski definition) is 2. The van der Waals surface area contributed by atoms with E-state index in [9.17, 15) is 14.0 Å². The van der Waals surface area contributed by atoms with Gasteiger partial charge in [0, 0.05) is 25.1 Å². The molecule has 1 atom stereocenters. The van der Waals surface area contributed by atoms with Crippen LogP contribution in [-0.2, 0) is 16.1 Å². The summed E-state index contributed by atoms with van der Waals surface area (Å²) in [5, 5.41) is 2.70. The molecule has 108 valence electrons. The van der Waals surface area contributed by atoms with Gasteiger partial charge in [0.05, 0.1) is 5.02 Å². The maximum atomic E-state index is 13.9. The van der Waals surface area contributed by atoms with Crippen LogP contribution in [-0.4, -0.2) is 29.3 Å². The van der Waals surface area contributed by atoms with Crippen LogP contribution in [0.4, 0.5) is 4.39 Å². The SMILES string of the molecule is CCC1NC(=O)CCN(Cc2cccc(Cl)c2F)C1=O. The topological polar surface area (TPSA) is 49.4 Å². The van der Waals surface area contributed by atoms with E-state index < -0.39 is 11.9 Å². The summed E-state index contributed by atoms with van der Waals surface area (Å²) in [5.41, 5.74) is 0.357. The van der Waals surface area contributed by atoms with Crippen molar-refractivity contribution in [3.63, 3.8) is 0 Å². The zero-order chi connectivity index (χ0) is 14.7. The van der Waals surface area contributed by atoms with Crippen molar-refractivity contribution in [1.82, 2.24) is 10.2 Å². The van der Waals surface area contributed by atoms with E-state index in [0.717, 1.165) is 0 Å². The minimum absolute atomic E-state index is 0.0333. The lowest BCUT2D eigenvalue weighted by Crippen LogP contribution is -2.44. The molecule has 0 aliphatic carbocycles. The Balaban J connectivity index is 2.20. The molecule has 6 heteroatoms. The summed E-state index contributed by atoms with van der Waals surface area (Å²) < 4.78 is 13.9. The molecule has 2 rings (SSSR count). The van der Waals surface area contributed by atoms with E-state index in [1.165, 1.54) is 11.0 Å². The molecule has 1 fully saturated rings. The number of carbonyl (C=O) groups is 2. The van der Waals surface area contributed by atoms with Crippen LogP contribution in [0.1, 0.15) is 25.3 Å². The fourth-order valence-electron chi connectivity index (χ4n) is 2.21. The number of nitrogens with zero attached hydrogens (tertiary/aromatic N) is 1. The Morgan fingerprint density at radius 3 is 2.90 bits per heavy atom. The summed E-state index contributed by atoms with van der Waals surface area (Å²) in [6.45, 7) is 2.23. The van der Waals surface area contributed by atoms with Crippen molar-refractivity contribution in [3.8, 4) is 0 Å². The van der Waals surface area contributed by atoms with Gasteiger partial charge in [0.1, 0.15) is 11.9 Å². The number of halogens is 2. The molecule has 0 spiro atoms. The van der Waals surface area contributed by atoms with Gasteiger partial charge in [-0.25, -0.2) is 4.39 Å². The third kappa shape index (κ3) is 3.10. The van der Waals surface area contributed by atoms with Crippen LogP contribution < -0.4 is 5.32 Å². The van der Waals surface area contributed by atoms with Crippen molar-refractivity contribution < 1.29 is 14.0 Å². The van der Waals surface area contributed by atoms with Crippen molar-refractivity contribution in [3.05, 3.63) is 34.6 Å². The van der Waals surface area contributed by atoms with Crippen molar-refractivity contribution in [1.29, 1.82) is 0 Å². The van der Waals surface area contributed by atoms with Crippen LogP contribution in [0.2, 0.25) is 5.02 Å². The van der Waals surface area contributed by atoms with E-state index in [1.54, 1.807) is 12.1 Å². The van der Waals surface area contributed by atoms with Gasteiger partial charge in [-0.3, -0.25) is 9.59 Å². The molecule has 0 radical (unpaired) electrons. The van der Waals surface area contributed by atoms with Crippen LogP contribution in [0.25, 0.3) is 0 Å². The zero-order valence-electron chi connectivity index (χ0n) is 11.2. The number of nitrogens with one attached hydrogen (secondary N) is 1. The van der Waals surface area contributed by atoms with E-state index in [2.05, 4.69) is 5.32 Å². The van der Waals surface area contributed by atoms with Crippen molar-refractivity contribution in [2.24, 2.45) is 0 Å². The average Bonchev–Trinajstić information content (AvgIpc) is 2.56. The summed E-state index contributed by atoms with van der Waals surface area (Å²) in [4.78, 5) is 25.3. The van der Waals surface area contributed by atoms with E-state index >= 15 is 0 Å². The lowest BCUT2D eigenvalue weighted by atomic mass is 10.1. The van der Waals surface area contributed by atoms with E-state index in [-0.39, 0.29) is 36.3 Å². The molecule has 0 bridgehead atoms. The second kappa shape index (κ2) is 6.22. The predicted octanol–water partition coefficient (Wildman–Crippen LogP) is 2.11. The smallest absolute Gasteiger partial charge is 0.245 e. The Labute approximate surface area is 121 Å². The number of hydrogen-bond donors (Lipinski definition) is 1. The van der Waals surface area contributed by atoms with Crippen molar-refractivity contribution >= 4 is 23.4 Å². The Bertz CT molecular complexity index is 536. The minimum atomic E-state index is -0.535. The Hall–Kier alpha value is -1.62. The predicted molar refractivity (Wildman–Crippen MR) is 73.7 cm³/mol. The molecule has 1 N–H and O–H groups in total. The molecule has 1 aliphatic rings. The first-order valence-electron chi connectivity index (χ1n) is 6.54. The average molecular weight is 299 g/mol. The molecular weight excluding hydrogens is 283 g/mol. The molecule has 1 aliphatic heterocycles. The Morgan fingerprint density at radius 1 is 1.45 bits per heavy atom. The van der Waals surface area contributed by atoms with Gasteiger partial charge in [-0.15, -0.1) is 0 Å². The molecule has 20 heavy (non-hydrogen) atoms. The van der Waals surface area contributed by atoms with Crippen LogP contribution in [0.15, 0.2) is 18.2 Å². The third-order valence-electron chi connectivity index (χ3n) is 3.35. The largest absolute Gasteiger partial charge is 0.344 e. The summed E-state index contributed by atoms with van der Waals surface area (Å²) >= 11 is 5.73. The van der Waals surface area contributed by atoms with Gasteiger partial charge in [-0.05, 0) is 12.5 Å². The maximum absolute atomic E-state index is 13.9. The van der Waals surface area contributed by atoms with Crippen LogP contribution >= 0.6 is 11.6 Å². The second-order valence-electron chi connectivity index (χ2n) is 4.75. The number of rotatable bonds is 3. The first-order valence-corrected chi connectivity index (χ1v) is 6.91. The molecule has 1 unspecified atom stereocenters. The molecule has 1 heterocycles. The second-order valence-corrected chi connectivity index (χ2v) is 5.16. The highest BCUT2D eigenvalue weighted by molar-refractivity contribution is 6.30. The first kappa shape index (κ1) is 14.8. The molecular formula is C14H16ClFN2O2. The number of amides is 2. The zero-order valence-corrected chi connectivity index (χ0v) is 11.9. The fraction of sp³-hybridized carbons (Fsp3) is 0.429. The highest BCUT2D eigenvalue weighted by Gasteiger charge is 2.29. The number of benzene rings is 1. The van der Waals surface area contributed by atoms with Gasteiger partial charge in [0.25, 0.3) is 0 Å². The molecule has 1 saturated heterocycles. The molecule has 0 aromatic heterocycles. The molecule has 2 amide bonds. The van der Waals surface area contributed by atoms with Gasteiger partial charge in [-0.2, -0.15) is 0 Å². The fourth-order valence-corrected chi connectivity index (χ4v) is 2.40. The lowest BCUT2D eigenvalue weighted by Gasteiger charge is -2.23. The molecule has 1 aromatic rings. The Morgan fingerprint density at radius 2 is 2.20 bits per heavy atom. The van der Waals surface area contributed by atoms with E-state index in [4.69, 9.17) is 11.6 Å². The van der Waals surface area contributed by atoms with E-state index in [1.807, 2.05) is 6.92 Å². The van der Waals surface area contributed by atoms with E-state index in [0.29, 0.717) is 12.0 Å². The highest BCUT2D eigenvalue weighted by Crippen LogP contribution is 2.20. The summed E-state index contributed by atoms with van der Waals surface area (Å²) in [6.07, 6.45) is 0.740. The molecule has 0 saturated carbocycles. The van der Waals surface area contributed by atoms with Crippen LogP contribution in [0.3, 0.4) is 0 Å². The van der Waals surface area contributed by atoms with Gasteiger partial charge < -0.3 is 10.2 Å². The minimum Gasteiger partial charge on any atom is -0.344 e. The first-order chi connectivity index (χ1) is 9.52. The maximum Gasteiger partial charge on any atom is 0.245 e. The standard InChI is InChI=1S/C14H16ClFN2O2/c1-2-11-14(20)18(7-6-12(19)17-11)8-9-4-3-5-10(15)13(9)16/h3-5,11H,2,6-8H2,1H3,(H,17,19). The van der Waals surface area contributed by atoms with Crippen LogP contribution in [0, 0.1) is 5.82 Å². The van der Waals surface area contributed by atoms with Crippen LogP contribution in [0.5, 0.6) is 0 Å². The summed E-state index contributed by atoms with van der Waals surface area (Å²) in [5.74, 6) is -0.851. The molecule has 1 aromatic carbocycles. The quantitative estimate of drug-likeness (QED) is 0.929. The monoisotopic (exact) mass is 298 g/mol.